The average molecular weight is 393 g/mol. The predicted molar refractivity (Wildman–Crippen MR) is 111 cm³/mol. The Morgan fingerprint density at radius 3 is 2.90 bits per heavy atom. The minimum Gasteiger partial charge on any atom is -0.492 e. The number of anilines is 1. The Balaban J connectivity index is 1.64. The van der Waals surface area contributed by atoms with Crippen LogP contribution in [0.2, 0.25) is 0 Å². The first-order valence-corrected chi connectivity index (χ1v) is 10.1. The van der Waals surface area contributed by atoms with E-state index >= 15 is 0 Å². The molecule has 0 radical (unpaired) electrons. The molecule has 2 atom stereocenters. The molecule has 3 heterocycles. The van der Waals surface area contributed by atoms with Crippen LogP contribution in [0.1, 0.15) is 22.9 Å². The molecule has 2 aliphatic rings. The van der Waals surface area contributed by atoms with Crippen LogP contribution in [0.4, 0.5) is 5.69 Å². The van der Waals surface area contributed by atoms with E-state index in [0.717, 1.165) is 53.2 Å². The summed E-state index contributed by atoms with van der Waals surface area (Å²) in [5.41, 5.74) is 12.1. The van der Waals surface area contributed by atoms with Gasteiger partial charge < -0.3 is 24.8 Å². The molecule has 0 saturated carbocycles. The largest absolute Gasteiger partial charge is 0.492 e. The van der Waals surface area contributed by atoms with E-state index in [0.29, 0.717) is 0 Å². The number of hydrogen-bond acceptors (Lipinski definition) is 4. The van der Waals surface area contributed by atoms with Crippen molar-refractivity contribution < 1.29 is 23.7 Å². The fourth-order valence-corrected chi connectivity index (χ4v) is 4.82. The van der Waals surface area contributed by atoms with Crippen molar-refractivity contribution in [3.63, 3.8) is 0 Å². The van der Waals surface area contributed by atoms with Gasteiger partial charge in [-0.3, -0.25) is 0 Å². The Kier molecular flexibility index (Phi) is 4.24. The van der Waals surface area contributed by atoms with Gasteiger partial charge >= 0.3 is 0 Å². The Hall–Kier alpha value is -2.99. The van der Waals surface area contributed by atoms with E-state index in [2.05, 4.69) is 49.0 Å². The number of ether oxygens (including phenoxy) is 3. The lowest BCUT2D eigenvalue weighted by molar-refractivity contribution is -0.915. The van der Waals surface area contributed by atoms with Crippen LogP contribution in [0.5, 0.6) is 17.2 Å². The van der Waals surface area contributed by atoms with Crippen LogP contribution in [0.15, 0.2) is 36.4 Å². The molecule has 2 aromatic carbocycles. The van der Waals surface area contributed by atoms with E-state index < -0.39 is 0 Å². The van der Waals surface area contributed by atoms with Crippen LogP contribution in [0, 0.1) is 0 Å². The van der Waals surface area contributed by atoms with Gasteiger partial charge in [0.15, 0.2) is 17.2 Å². The lowest BCUT2D eigenvalue weighted by Gasteiger charge is -2.32. The van der Waals surface area contributed by atoms with Crippen molar-refractivity contribution >= 4 is 16.6 Å². The zero-order valence-corrected chi connectivity index (χ0v) is 17.1. The number of quaternary nitrogens is 1. The van der Waals surface area contributed by atoms with Crippen molar-refractivity contribution in [1.29, 1.82) is 0 Å². The van der Waals surface area contributed by atoms with Crippen molar-refractivity contribution in [2.24, 2.45) is 7.05 Å². The van der Waals surface area contributed by atoms with Gasteiger partial charge in [0.25, 0.3) is 0 Å². The molecule has 5 rings (SSSR count). The number of likely N-dealkylation sites (N-methyl/N-ethyl adjacent to an activating group) is 1. The molecular weight excluding hydrogens is 366 g/mol. The summed E-state index contributed by atoms with van der Waals surface area (Å²) in [7, 11) is 6.08. The summed E-state index contributed by atoms with van der Waals surface area (Å²) < 4.78 is 19.5. The lowest BCUT2D eigenvalue weighted by atomic mass is 9.88. The summed E-state index contributed by atoms with van der Waals surface area (Å²) in [6, 6.07) is 12.8. The van der Waals surface area contributed by atoms with Crippen molar-refractivity contribution in [3.8, 4) is 17.2 Å². The van der Waals surface area contributed by atoms with E-state index in [1.807, 2.05) is 6.07 Å². The van der Waals surface area contributed by atoms with Gasteiger partial charge in [-0.2, -0.15) is 4.57 Å². The number of nitrogens with two attached hydrogens (primary N) is 1. The summed E-state index contributed by atoms with van der Waals surface area (Å²) in [4.78, 5) is 1.46. The zero-order chi connectivity index (χ0) is 20.1. The number of rotatable bonds is 3. The Morgan fingerprint density at radius 1 is 1.24 bits per heavy atom. The number of methoxy groups -OCH3 is 1. The van der Waals surface area contributed by atoms with Gasteiger partial charge in [0.2, 0.25) is 18.1 Å². The van der Waals surface area contributed by atoms with Crippen LogP contribution < -0.4 is 29.4 Å². The molecule has 3 aromatic rings. The third-order valence-electron chi connectivity index (χ3n) is 6.42. The Bertz CT molecular complexity index is 1110. The van der Waals surface area contributed by atoms with E-state index in [-0.39, 0.29) is 12.8 Å². The second kappa shape index (κ2) is 6.81. The lowest BCUT2D eigenvalue weighted by Crippen LogP contribution is -3.10. The number of nitrogens with zero attached hydrogens (tertiary/aromatic N) is 1. The first-order chi connectivity index (χ1) is 14.1. The van der Waals surface area contributed by atoms with E-state index in [1.54, 1.807) is 7.11 Å². The highest BCUT2D eigenvalue weighted by Crippen LogP contribution is 2.47. The number of para-hydroxylation sites is 1. The van der Waals surface area contributed by atoms with Gasteiger partial charge in [0, 0.05) is 18.6 Å². The van der Waals surface area contributed by atoms with Crippen LogP contribution >= 0.6 is 0 Å². The molecule has 0 aliphatic carbocycles. The summed E-state index contributed by atoms with van der Waals surface area (Å²) >= 11 is 0. The number of nitrogens with one attached hydrogen (secondary N) is 1. The highest BCUT2D eigenvalue weighted by molar-refractivity contribution is 5.87. The second-order valence-corrected chi connectivity index (χ2v) is 7.99. The number of aromatic nitrogens is 1. The van der Waals surface area contributed by atoms with E-state index in [4.69, 9.17) is 19.9 Å². The molecule has 1 aromatic heterocycles. The molecule has 29 heavy (non-hydrogen) atoms. The van der Waals surface area contributed by atoms with Gasteiger partial charge in [-0.15, -0.1) is 0 Å². The molecule has 6 heteroatoms. The molecule has 6 nitrogen and oxygen atoms in total. The molecule has 0 amide bonds. The number of hydrogen-bond donors (Lipinski definition) is 2. The van der Waals surface area contributed by atoms with Crippen LogP contribution in [-0.2, 0) is 19.9 Å². The highest BCUT2D eigenvalue weighted by atomic mass is 16.7. The molecule has 0 spiro atoms. The first-order valence-electron chi connectivity index (χ1n) is 10.1. The van der Waals surface area contributed by atoms with Crippen molar-refractivity contribution in [2.45, 2.75) is 18.9 Å². The van der Waals surface area contributed by atoms with Crippen LogP contribution in [-0.4, -0.2) is 27.5 Å². The smallest absolute Gasteiger partial charge is 0.231 e. The van der Waals surface area contributed by atoms with Gasteiger partial charge in [-0.05, 0) is 17.7 Å². The third-order valence-corrected chi connectivity index (χ3v) is 6.42. The van der Waals surface area contributed by atoms with Gasteiger partial charge in [-0.1, -0.05) is 12.1 Å². The number of nitrogen functional groups attached to an aromatic ring is 1. The fraction of sp³-hybridized carbons (Fsp3) is 0.348. The quantitative estimate of drug-likeness (QED) is 0.660. The second-order valence-electron chi connectivity index (χ2n) is 7.99. The first kappa shape index (κ1) is 18.1. The maximum absolute atomic E-state index is 6.41. The molecule has 150 valence electrons. The Labute approximate surface area is 170 Å². The van der Waals surface area contributed by atoms with Gasteiger partial charge in [0.1, 0.15) is 13.1 Å². The van der Waals surface area contributed by atoms with Crippen LogP contribution in [0.25, 0.3) is 10.9 Å². The number of fused-ring (bicyclic) bond motifs is 3. The average Bonchev–Trinajstić information content (AvgIpc) is 3.20. The zero-order valence-electron chi connectivity index (χ0n) is 17.1. The van der Waals surface area contributed by atoms with Gasteiger partial charge in [-0.25, -0.2) is 0 Å². The normalized spacial score (nSPS) is 20.0. The maximum Gasteiger partial charge on any atom is 0.231 e. The van der Waals surface area contributed by atoms with Gasteiger partial charge in [0.05, 0.1) is 43.8 Å². The summed E-state index contributed by atoms with van der Waals surface area (Å²) in [6.45, 7) is 1.31. The standard InChI is InChI=1S/C23H25N3O3/c1-25-9-8-14-10-20-22(29-13-28-20)23(27-3)21(14)19(25)12-15-11-17(24)16-6-4-5-7-18(16)26(15)2/h4-7,10-11,19,24H,8-9,12-13H2,1-3H3/p+2/t19-/m1/s1. The summed E-state index contributed by atoms with van der Waals surface area (Å²) in [6.07, 6.45) is 1.86. The summed E-state index contributed by atoms with van der Waals surface area (Å²) in [5, 5.41) is 1.09. The number of benzene rings is 2. The molecule has 2 aliphatic heterocycles. The molecule has 0 fully saturated rings. The highest BCUT2D eigenvalue weighted by Gasteiger charge is 2.38. The number of pyridine rings is 1. The number of aryl methyl sites for hydroxylation is 1. The molecular formula is C23H27N3O3+2. The Morgan fingerprint density at radius 2 is 2.07 bits per heavy atom. The molecule has 0 bridgehead atoms. The van der Waals surface area contributed by atoms with E-state index in [9.17, 15) is 0 Å². The monoisotopic (exact) mass is 393 g/mol. The summed E-state index contributed by atoms with van der Waals surface area (Å²) in [5.74, 6) is 2.34. The fourth-order valence-electron chi connectivity index (χ4n) is 4.82. The van der Waals surface area contributed by atoms with Crippen molar-refractivity contribution in [3.05, 3.63) is 53.2 Å². The van der Waals surface area contributed by atoms with Crippen molar-refractivity contribution in [1.82, 2.24) is 0 Å². The predicted octanol–water partition coefficient (Wildman–Crippen LogP) is 1.34. The molecule has 1 unspecified atom stereocenters. The topological polar surface area (TPSA) is 62.0 Å². The minimum absolute atomic E-state index is 0.245. The van der Waals surface area contributed by atoms with E-state index in [1.165, 1.54) is 21.7 Å². The van der Waals surface area contributed by atoms with Crippen LogP contribution in [0.3, 0.4) is 0 Å². The maximum atomic E-state index is 6.41. The minimum atomic E-state index is 0.245. The molecule has 3 N–H and O–H groups in total. The SMILES string of the molecule is COc1c2c(cc3c1[C@@H](Cc1cc(N)c4ccccc4[n+]1C)[NH+](C)CC3)OCO2. The third kappa shape index (κ3) is 2.78. The molecule has 0 saturated heterocycles. The van der Waals surface area contributed by atoms with Crippen molar-refractivity contribution in [2.75, 3.05) is 33.2 Å².